The average Bonchev–Trinajstić information content (AvgIpc) is 2.93. The van der Waals surface area contributed by atoms with E-state index in [1.807, 2.05) is 0 Å². The Morgan fingerprint density at radius 3 is 2.61 bits per heavy atom. The molecule has 0 amide bonds. The van der Waals surface area contributed by atoms with Crippen LogP contribution in [0.2, 0.25) is 0 Å². The van der Waals surface area contributed by atoms with Gasteiger partial charge in [-0.25, -0.2) is 18.7 Å². The Morgan fingerprint density at radius 1 is 1.24 bits per heavy atom. The topological polar surface area (TPSA) is 123 Å². The molecule has 2 aliphatic rings. The van der Waals surface area contributed by atoms with Gasteiger partial charge in [0, 0.05) is 35.9 Å². The van der Waals surface area contributed by atoms with Crippen LogP contribution in [-0.2, 0) is 4.79 Å². The number of nitrogens with one attached hydrogen (secondary N) is 1. The summed E-state index contributed by atoms with van der Waals surface area (Å²) in [4.78, 5) is 22.2. The number of aliphatic carboxylic acids is 1. The molecule has 5 rings (SSSR count). The number of carboxylic acids is 1. The van der Waals surface area contributed by atoms with Crippen molar-refractivity contribution in [1.29, 1.82) is 0 Å². The van der Waals surface area contributed by atoms with Crippen LogP contribution in [-0.4, -0.2) is 58.7 Å². The van der Waals surface area contributed by atoms with Gasteiger partial charge in [0.1, 0.15) is 23.7 Å². The zero-order valence-corrected chi connectivity index (χ0v) is 20.3. The number of ether oxygens (including phenoxy) is 2. The molecule has 4 N–H and O–H groups in total. The molecule has 0 saturated carbocycles. The van der Waals surface area contributed by atoms with Crippen molar-refractivity contribution in [3.8, 4) is 22.9 Å². The molecule has 0 bridgehead atoms. The molecule has 9 nitrogen and oxygen atoms in total. The Morgan fingerprint density at radius 2 is 1.95 bits per heavy atom. The van der Waals surface area contributed by atoms with Crippen LogP contribution in [0.5, 0.6) is 11.6 Å². The quantitative estimate of drug-likeness (QED) is 0.338. The van der Waals surface area contributed by atoms with Crippen LogP contribution in [0, 0.1) is 25.5 Å². The molecule has 2 unspecified atom stereocenters. The first-order valence-corrected chi connectivity index (χ1v) is 11.5. The van der Waals surface area contributed by atoms with Crippen LogP contribution in [0.1, 0.15) is 18.2 Å². The van der Waals surface area contributed by atoms with Crippen LogP contribution in [0.25, 0.3) is 22.0 Å². The molecule has 2 aromatic heterocycles. The number of alkyl halides is 3. The monoisotopic (exact) mass is 539 g/mol. The molecule has 4 heterocycles. The van der Waals surface area contributed by atoms with E-state index in [1.165, 1.54) is 0 Å². The summed E-state index contributed by atoms with van der Waals surface area (Å²) in [5.41, 5.74) is 4.82. The third-order valence-corrected chi connectivity index (χ3v) is 6.82. The Hall–Kier alpha value is -3.94. The molecule has 0 radical (unpaired) electrons. The number of carbonyl (C=O) groups is 1. The number of aromatic nitrogens is 2. The van der Waals surface area contributed by atoms with E-state index in [0.29, 0.717) is 17.3 Å². The number of benzene rings is 1. The highest BCUT2D eigenvalue weighted by atomic mass is 19.4. The number of anilines is 2. The van der Waals surface area contributed by atoms with Gasteiger partial charge in [-0.15, -0.1) is 13.2 Å². The van der Waals surface area contributed by atoms with E-state index in [1.54, 1.807) is 25.7 Å². The van der Waals surface area contributed by atoms with Gasteiger partial charge in [0.15, 0.2) is 17.4 Å². The summed E-state index contributed by atoms with van der Waals surface area (Å²) >= 11 is 0. The molecule has 1 saturated heterocycles. The molecule has 3 aromatic rings. The molecule has 202 valence electrons. The van der Waals surface area contributed by atoms with Crippen LogP contribution >= 0.6 is 0 Å². The summed E-state index contributed by atoms with van der Waals surface area (Å²) in [6.07, 6.45) is -5.92. The van der Waals surface area contributed by atoms with Crippen molar-refractivity contribution in [2.75, 3.05) is 23.7 Å². The van der Waals surface area contributed by atoms with Gasteiger partial charge in [-0.2, -0.15) is 0 Å². The number of piperazine rings is 1. The molecule has 2 aliphatic heterocycles. The number of carboxylic acid groups (broad SMARTS) is 1. The SMILES string of the molecule is Cc1nc2c3c(nc(-c4cc(N)cc(F)c4OC(F)(F)F)c(F)c3c1C)OC(C)[C@@H]1CNC(C(=O)O)CN21. The first-order chi connectivity index (χ1) is 17.8. The largest absolute Gasteiger partial charge is 0.573 e. The second-order valence-electron chi connectivity index (χ2n) is 9.24. The minimum Gasteiger partial charge on any atom is -0.480 e. The molecular formula is C24H22F5N5O4. The highest BCUT2D eigenvalue weighted by Crippen LogP contribution is 2.46. The maximum atomic E-state index is 16.3. The second-order valence-corrected chi connectivity index (χ2v) is 9.24. The number of halogens is 5. The third-order valence-electron chi connectivity index (χ3n) is 6.82. The standard InChI is InChI=1S/C24H22F5N5O4/c1-8-9(2)32-21-17-16(8)18(26)19(12-4-11(30)5-13(25)20(12)38-24(27,28)29)33-22(17)37-10(3)15-6-31-14(23(35)36)7-34(15)21/h4-5,10,14-15,31H,6-7,30H2,1-3H3,(H,35,36)/t10?,14?,15-/m0/s1. The fraction of sp³-hybridized carbons (Fsp3) is 0.375. The van der Waals surface area contributed by atoms with Crippen molar-refractivity contribution >= 4 is 28.2 Å². The van der Waals surface area contributed by atoms with E-state index >= 15 is 4.39 Å². The first kappa shape index (κ1) is 25.7. The average molecular weight is 539 g/mol. The summed E-state index contributed by atoms with van der Waals surface area (Å²) in [5.74, 6) is -4.82. The summed E-state index contributed by atoms with van der Waals surface area (Å²) < 4.78 is 80.3. The normalized spacial score (nSPS) is 21.1. The van der Waals surface area contributed by atoms with Crippen molar-refractivity contribution in [3.05, 3.63) is 35.0 Å². The number of nitrogen functional groups attached to an aromatic ring is 1. The third kappa shape index (κ3) is 4.18. The van der Waals surface area contributed by atoms with Crippen LogP contribution < -0.4 is 25.4 Å². The number of rotatable bonds is 3. The Labute approximate surface area is 212 Å². The van der Waals surface area contributed by atoms with Gasteiger partial charge in [-0.05, 0) is 32.4 Å². The van der Waals surface area contributed by atoms with Crippen LogP contribution in [0.15, 0.2) is 12.1 Å². The molecule has 3 atom stereocenters. The predicted octanol–water partition coefficient (Wildman–Crippen LogP) is 3.68. The van der Waals surface area contributed by atoms with Crippen molar-refractivity contribution in [3.63, 3.8) is 0 Å². The number of aryl methyl sites for hydroxylation is 2. The van der Waals surface area contributed by atoms with E-state index in [-0.39, 0.29) is 41.2 Å². The lowest BCUT2D eigenvalue weighted by Crippen LogP contribution is -2.62. The first-order valence-electron chi connectivity index (χ1n) is 11.5. The van der Waals surface area contributed by atoms with Gasteiger partial charge < -0.3 is 30.5 Å². The summed E-state index contributed by atoms with van der Waals surface area (Å²) in [6.45, 7) is 5.06. The molecule has 1 aromatic carbocycles. The zero-order valence-electron chi connectivity index (χ0n) is 20.3. The number of nitrogens with two attached hydrogens (primary N) is 1. The predicted molar refractivity (Wildman–Crippen MR) is 126 cm³/mol. The maximum absolute atomic E-state index is 16.3. The van der Waals surface area contributed by atoms with Gasteiger partial charge in [0.25, 0.3) is 0 Å². The number of pyridine rings is 2. The van der Waals surface area contributed by atoms with Crippen LogP contribution in [0.4, 0.5) is 33.5 Å². The van der Waals surface area contributed by atoms with Crippen molar-refractivity contribution < 1.29 is 41.3 Å². The highest BCUT2D eigenvalue weighted by molar-refractivity contribution is 6.02. The lowest BCUT2D eigenvalue weighted by molar-refractivity contribution is -0.275. The lowest BCUT2D eigenvalue weighted by atomic mass is 9.99. The van der Waals surface area contributed by atoms with Crippen molar-refractivity contribution in [2.24, 2.45) is 0 Å². The summed E-state index contributed by atoms with van der Waals surface area (Å²) in [6, 6.07) is 0.188. The molecule has 0 aliphatic carbocycles. The Balaban J connectivity index is 1.82. The van der Waals surface area contributed by atoms with Crippen LogP contribution in [0.3, 0.4) is 0 Å². The van der Waals surface area contributed by atoms with Crippen molar-refractivity contribution in [2.45, 2.75) is 45.3 Å². The van der Waals surface area contributed by atoms with Gasteiger partial charge >= 0.3 is 12.3 Å². The number of nitrogens with zero attached hydrogens (tertiary/aromatic N) is 3. The fourth-order valence-corrected chi connectivity index (χ4v) is 4.91. The molecular weight excluding hydrogens is 517 g/mol. The second kappa shape index (κ2) is 8.82. The smallest absolute Gasteiger partial charge is 0.480 e. The Bertz CT molecular complexity index is 1480. The highest BCUT2D eigenvalue weighted by Gasteiger charge is 2.41. The number of hydrogen-bond acceptors (Lipinski definition) is 8. The minimum atomic E-state index is -5.28. The molecule has 14 heteroatoms. The van der Waals surface area contributed by atoms with Gasteiger partial charge in [-0.1, -0.05) is 0 Å². The lowest BCUT2D eigenvalue weighted by Gasteiger charge is -2.41. The van der Waals surface area contributed by atoms with E-state index in [2.05, 4.69) is 20.0 Å². The summed E-state index contributed by atoms with van der Waals surface area (Å²) in [7, 11) is 0. The van der Waals surface area contributed by atoms with E-state index in [4.69, 9.17) is 10.5 Å². The molecule has 1 fully saturated rings. The molecule has 0 spiro atoms. The number of hydrogen-bond donors (Lipinski definition) is 3. The maximum Gasteiger partial charge on any atom is 0.573 e. The van der Waals surface area contributed by atoms with E-state index < -0.39 is 59.2 Å². The summed E-state index contributed by atoms with van der Waals surface area (Å²) in [5, 5.41) is 12.6. The van der Waals surface area contributed by atoms with Gasteiger partial charge in [-0.3, -0.25) is 4.79 Å². The van der Waals surface area contributed by atoms with Gasteiger partial charge in [0.05, 0.1) is 17.0 Å². The van der Waals surface area contributed by atoms with E-state index in [0.717, 1.165) is 6.07 Å². The molecule has 38 heavy (non-hydrogen) atoms. The van der Waals surface area contributed by atoms with Gasteiger partial charge in [0.2, 0.25) is 5.88 Å². The van der Waals surface area contributed by atoms with E-state index in [9.17, 15) is 27.5 Å². The van der Waals surface area contributed by atoms with Crippen molar-refractivity contribution in [1.82, 2.24) is 15.3 Å². The number of fused-ring (bicyclic) bond motifs is 2. The zero-order chi connectivity index (χ0) is 27.7. The Kier molecular flexibility index (Phi) is 5.97. The minimum absolute atomic E-state index is 0.00882. The fourth-order valence-electron chi connectivity index (χ4n) is 4.91.